The van der Waals surface area contributed by atoms with Gasteiger partial charge in [0.25, 0.3) is 0 Å². The number of piperazine rings is 1. The van der Waals surface area contributed by atoms with Crippen molar-refractivity contribution in [3.05, 3.63) is 64.3 Å². The van der Waals surface area contributed by atoms with Gasteiger partial charge >= 0.3 is 6.09 Å². The Kier molecular flexibility index (Phi) is 6.53. The third kappa shape index (κ3) is 4.58. The molecule has 0 spiro atoms. The highest BCUT2D eigenvalue weighted by molar-refractivity contribution is 7.77. The molecule has 2 aliphatic rings. The number of hydrogen-bond acceptors (Lipinski definition) is 8. The predicted octanol–water partition coefficient (Wildman–Crippen LogP) is 3.98. The zero-order valence-corrected chi connectivity index (χ0v) is 23.3. The molecule has 1 unspecified atom stereocenters. The fourth-order valence-electron chi connectivity index (χ4n) is 5.43. The van der Waals surface area contributed by atoms with Gasteiger partial charge in [-0.15, -0.1) is 5.06 Å². The first-order valence-corrected chi connectivity index (χ1v) is 13.7. The summed E-state index contributed by atoms with van der Waals surface area (Å²) in [6.07, 6.45) is -0.936. The molecule has 1 atom stereocenters. The van der Waals surface area contributed by atoms with Gasteiger partial charge in [0, 0.05) is 46.4 Å². The summed E-state index contributed by atoms with van der Waals surface area (Å²) in [6.45, 7) is 10.9. The third-order valence-corrected chi connectivity index (χ3v) is 8.43. The van der Waals surface area contributed by atoms with Crippen LogP contribution in [0, 0.1) is 11.3 Å². The predicted molar refractivity (Wildman–Crippen MR) is 146 cm³/mol. The second-order valence-electron chi connectivity index (χ2n) is 11.4. The summed E-state index contributed by atoms with van der Waals surface area (Å²) < 4.78 is 23.8. The largest absolute Gasteiger partial charge is 0.755 e. The van der Waals surface area contributed by atoms with E-state index in [0.717, 1.165) is 27.8 Å². The molecule has 1 N–H and O–H groups in total. The van der Waals surface area contributed by atoms with E-state index in [4.69, 9.17) is 4.84 Å². The standard InChI is InChI=1S/C28H31N5O5S/c1-27(2,3)33(39(36)37)26(35)38-32-12-10-31(11-13-32)18-7-9-19-21(15-18)28(4,5)25-23(24(19)34)20-8-6-17(16-29)14-22(20)30-25/h6-9,14-15,30H,10-13H2,1-5H3,(H,36,37)/p-1. The SMILES string of the molecule is CC1(C)c2cc(N3CCN(OC(=O)N(S(=O)[O-])C(C)(C)C)CC3)ccc2C(=O)c2c1[nH]c1cc(C#N)ccc21. The highest BCUT2D eigenvalue weighted by atomic mass is 32.2. The van der Waals surface area contributed by atoms with Crippen molar-refractivity contribution in [2.75, 3.05) is 31.1 Å². The van der Waals surface area contributed by atoms with Gasteiger partial charge in [-0.1, -0.05) is 19.9 Å². The van der Waals surface area contributed by atoms with E-state index in [0.29, 0.717) is 47.2 Å². The van der Waals surface area contributed by atoms with Crippen LogP contribution in [0.5, 0.6) is 0 Å². The topological polar surface area (TPSA) is 133 Å². The number of carbonyl (C=O) groups is 2. The molecule has 5 rings (SSSR count). The van der Waals surface area contributed by atoms with Crippen LogP contribution in [-0.2, 0) is 21.5 Å². The molecule has 1 saturated heterocycles. The lowest BCUT2D eigenvalue weighted by Gasteiger charge is -2.39. The summed E-state index contributed by atoms with van der Waals surface area (Å²) >= 11 is -2.75. The molecule has 2 heterocycles. The van der Waals surface area contributed by atoms with Gasteiger partial charge in [0.05, 0.1) is 47.1 Å². The number of carbonyl (C=O) groups excluding carboxylic acids is 2. The van der Waals surface area contributed by atoms with E-state index in [-0.39, 0.29) is 5.78 Å². The number of hydrogen-bond donors (Lipinski definition) is 1. The number of ketones is 1. The van der Waals surface area contributed by atoms with Gasteiger partial charge in [-0.3, -0.25) is 9.00 Å². The van der Waals surface area contributed by atoms with Crippen LogP contribution >= 0.6 is 0 Å². The maximum Gasteiger partial charge on any atom is 0.440 e. The number of benzene rings is 2. The monoisotopic (exact) mass is 548 g/mol. The van der Waals surface area contributed by atoms with Crippen LogP contribution in [0.25, 0.3) is 10.9 Å². The fourth-order valence-corrected chi connectivity index (χ4v) is 6.03. The van der Waals surface area contributed by atoms with Crippen molar-refractivity contribution in [1.82, 2.24) is 14.4 Å². The highest BCUT2D eigenvalue weighted by Gasteiger charge is 2.40. The zero-order chi connectivity index (χ0) is 28.3. The van der Waals surface area contributed by atoms with Crippen LogP contribution in [0.2, 0.25) is 0 Å². The number of amides is 1. The van der Waals surface area contributed by atoms with Gasteiger partial charge in [0.15, 0.2) is 5.78 Å². The Morgan fingerprint density at radius 1 is 1.15 bits per heavy atom. The first-order chi connectivity index (χ1) is 18.3. The van der Waals surface area contributed by atoms with Crippen LogP contribution in [0.15, 0.2) is 36.4 Å². The summed E-state index contributed by atoms with van der Waals surface area (Å²) in [5.41, 5.74) is 3.87. The molecule has 2 aromatic carbocycles. The molecule has 11 heteroatoms. The maximum atomic E-state index is 13.6. The Morgan fingerprint density at radius 3 is 2.46 bits per heavy atom. The van der Waals surface area contributed by atoms with Gasteiger partial charge < -0.3 is 19.3 Å². The molecule has 39 heavy (non-hydrogen) atoms. The minimum absolute atomic E-state index is 0.0438. The van der Waals surface area contributed by atoms with Crippen molar-refractivity contribution in [1.29, 1.82) is 5.26 Å². The highest BCUT2D eigenvalue weighted by Crippen LogP contribution is 2.44. The van der Waals surface area contributed by atoms with Crippen LogP contribution in [0.1, 0.15) is 67.4 Å². The van der Waals surface area contributed by atoms with E-state index in [1.54, 1.807) is 32.9 Å². The lowest BCUT2D eigenvalue weighted by Crippen LogP contribution is -2.52. The Morgan fingerprint density at radius 2 is 1.85 bits per heavy atom. The smallest absolute Gasteiger partial charge is 0.440 e. The zero-order valence-electron chi connectivity index (χ0n) is 22.5. The average Bonchev–Trinajstić information content (AvgIpc) is 3.26. The lowest BCUT2D eigenvalue weighted by atomic mass is 9.71. The second kappa shape index (κ2) is 9.48. The number of hydroxylamine groups is 2. The first-order valence-electron chi connectivity index (χ1n) is 12.7. The average molecular weight is 549 g/mol. The van der Waals surface area contributed by atoms with E-state index < -0.39 is 28.3 Å². The first kappa shape index (κ1) is 26.9. The molecule has 0 bridgehead atoms. The van der Waals surface area contributed by atoms with Crippen molar-refractivity contribution >= 4 is 39.7 Å². The quantitative estimate of drug-likeness (QED) is 0.486. The normalized spacial score (nSPS) is 17.8. The van der Waals surface area contributed by atoms with E-state index in [1.165, 1.54) is 5.06 Å². The van der Waals surface area contributed by atoms with Gasteiger partial charge in [0.2, 0.25) is 0 Å². The van der Waals surface area contributed by atoms with Crippen LogP contribution in [-0.4, -0.2) is 66.7 Å². The van der Waals surface area contributed by atoms with E-state index in [1.807, 2.05) is 24.3 Å². The van der Waals surface area contributed by atoms with Crippen molar-refractivity contribution < 1.29 is 23.2 Å². The molecule has 1 fully saturated rings. The molecule has 1 aliphatic carbocycles. The number of aromatic amines is 1. The fraction of sp³-hybridized carbons (Fsp3) is 0.393. The van der Waals surface area contributed by atoms with Crippen LogP contribution in [0.3, 0.4) is 0 Å². The Hall–Kier alpha value is -3.72. The van der Waals surface area contributed by atoms with Crippen molar-refractivity contribution in [2.45, 2.75) is 45.6 Å². The number of H-pyrrole nitrogens is 1. The number of anilines is 1. The summed E-state index contributed by atoms with van der Waals surface area (Å²) in [4.78, 5) is 37.1. The minimum atomic E-state index is -2.75. The number of nitrogens with zero attached hydrogens (tertiary/aromatic N) is 4. The molecule has 3 aromatic rings. The Bertz CT molecular complexity index is 1560. The molecular weight excluding hydrogens is 518 g/mol. The second-order valence-corrected chi connectivity index (χ2v) is 12.2. The number of nitrogens with one attached hydrogen (secondary N) is 1. The summed E-state index contributed by atoms with van der Waals surface area (Å²) in [5.74, 6) is -0.0438. The van der Waals surface area contributed by atoms with Crippen molar-refractivity contribution in [2.24, 2.45) is 0 Å². The van der Waals surface area contributed by atoms with Gasteiger partial charge in [-0.25, -0.2) is 9.10 Å². The third-order valence-electron chi connectivity index (χ3n) is 7.44. The molecule has 10 nitrogen and oxygen atoms in total. The molecule has 1 aliphatic heterocycles. The van der Waals surface area contributed by atoms with Gasteiger partial charge in [-0.05, 0) is 56.7 Å². The summed E-state index contributed by atoms with van der Waals surface area (Å²) in [6, 6.07) is 13.3. The summed E-state index contributed by atoms with van der Waals surface area (Å²) in [5, 5.41) is 11.6. The van der Waals surface area contributed by atoms with Crippen molar-refractivity contribution in [3.63, 3.8) is 0 Å². The van der Waals surface area contributed by atoms with E-state index >= 15 is 0 Å². The van der Waals surface area contributed by atoms with Crippen LogP contribution < -0.4 is 4.90 Å². The maximum absolute atomic E-state index is 13.6. The lowest BCUT2D eigenvalue weighted by molar-refractivity contribution is -0.113. The van der Waals surface area contributed by atoms with Crippen LogP contribution in [0.4, 0.5) is 10.5 Å². The molecule has 1 amide bonds. The Balaban J connectivity index is 1.36. The van der Waals surface area contributed by atoms with Crippen molar-refractivity contribution in [3.8, 4) is 6.07 Å². The Labute approximate surface area is 229 Å². The van der Waals surface area contributed by atoms with Gasteiger partial charge in [-0.2, -0.15) is 5.26 Å². The number of rotatable bonds is 3. The molecule has 204 valence electrons. The van der Waals surface area contributed by atoms with E-state index in [9.17, 15) is 23.6 Å². The molecule has 0 radical (unpaired) electrons. The molecule has 1 aromatic heterocycles. The number of nitriles is 1. The summed E-state index contributed by atoms with van der Waals surface area (Å²) in [7, 11) is 0. The number of fused-ring (bicyclic) bond motifs is 4. The van der Waals surface area contributed by atoms with Gasteiger partial charge in [0.1, 0.15) is 0 Å². The molecule has 0 saturated carbocycles. The molecular formula is C28H30N5O5S-. The number of aromatic nitrogens is 1. The van der Waals surface area contributed by atoms with E-state index in [2.05, 4.69) is 29.8 Å². The minimum Gasteiger partial charge on any atom is -0.755 e.